The molecule has 0 bridgehead atoms. The van der Waals surface area contributed by atoms with Crippen molar-refractivity contribution in [2.24, 2.45) is 0 Å². The summed E-state index contributed by atoms with van der Waals surface area (Å²) in [5.41, 5.74) is 7.95. The Kier molecular flexibility index (Phi) is 5.50. The molecule has 32 heavy (non-hydrogen) atoms. The van der Waals surface area contributed by atoms with Crippen molar-refractivity contribution >= 4 is 23.4 Å². The Balaban J connectivity index is 1.27. The lowest BCUT2D eigenvalue weighted by Crippen LogP contribution is -2.46. The van der Waals surface area contributed by atoms with Gasteiger partial charge in [0.25, 0.3) is 0 Å². The Hall–Kier alpha value is -3.08. The van der Waals surface area contributed by atoms with E-state index in [-0.39, 0.29) is 0 Å². The van der Waals surface area contributed by atoms with E-state index in [1.165, 1.54) is 30.2 Å². The summed E-state index contributed by atoms with van der Waals surface area (Å²) < 4.78 is 0. The first-order chi connectivity index (χ1) is 15.5. The SMILES string of the molecule is C=C(c1ccc(N2CCCC2=C)cc1C=N)N1CCN(c2ncc(C3CC3)cc2C)CC1. The van der Waals surface area contributed by atoms with Crippen LogP contribution >= 0.6 is 0 Å². The molecular formula is C27H33N5. The lowest BCUT2D eigenvalue weighted by Gasteiger charge is -2.38. The third kappa shape index (κ3) is 3.92. The number of rotatable bonds is 6. The number of piperazine rings is 1. The second-order valence-electron chi connectivity index (χ2n) is 9.34. The van der Waals surface area contributed by atoms with Crippen LogP contribution in [0.4, 0.5) is 11.5 Å². The molecule has 0 spiro atoms. The summed E-state index contributed by atoms with van der Waals surface area (Å²) in [6.45, 7) is 15.5. The van der Waals surface area contributed by atoms with Gasteiger partial charge in [0.15, 0.2) is 0 Å². The first-order valence-electron chi connectivity index (χ1n) is 11.8. The number of aryl methyl sites for hydroxylation is 1. The van der Waals surface area contributed by atoms with Crippen molar-refractivity contribution in [1.82, 2.24) is 9.88 Å². The lowest BCUT2D eigenvalue weighted by atomic mass is 10.0. The van der Waals surface area contributed by atoms with Crippen LogP contribution in [0.5, 0.6) is 0 Å². The summed E-state index contributed by atoms with van der Waals surface area (Å²) in [5, 5.41) is 7.99. The van der Waals surface area contributed by atoms with Crippen molar-refractivity contribution in [3.63, 3.8) is 0 Å². The zero-order chi connectivity index (χ0) is 22.2. The van der Waals surface area contributed by atoms with Crippen molar-refractivity contribution in [3.05, 3.63) is 71.6 Å². The summed E-state index contributed by atoms with van der Waals surface area (Å²) in [6, 6.07) is 8.71. The molecule has 5 heteroatoms. The van der Waals surface area contributed by atoms with E-state index in [0.29, 0.717) is 0 Å². The highest BCUT2D eigenvalue weighted by Gasteiger charge is 2.26. The van der Waals surface area contributed by atoms with E-state index in [1.54, 1.807) is 0 Å². The van der Waals surface area contributed by atoms with Gasteiger partial charge < -0.3 is 20.1 Å². The van der Waals surface area contributed by atoms with E-state index in [1.807, 2.05) is 0 Å². The molecule has 5 rings (SSSR count). The van der Waals surface area contributed by atoms with Gasteiger partial charge in [0.1, 0.15) is 5.82 Å². The number of nitrogens with one attached hydrogen (secondary N) is 1. The van der Waals surface area contributed by atoms with Crippen LogP contribution in [0.2, 0.25) is 0 Å². The fourth-order valence-corrected chi connectivity index (χ4v) is 5.07. The average molecular weight is 428 g/mol. The molecule has 1 aliphatic carbocycles. The fraction of sp³-hybridized carbons (Fsp3) is 0.407. The third-order valence-electron chi connectivity index (χ3n) is 7.12. The number of hydrogen-bond acceptors (Lipinski definition) is 5. The molecule has 0 radical (unpaired) electrons. The van der Waals surface area contributed by atoms with Crippen LogP contribution in [0.3, 0.4) is 0 Å². The smallest absolute Gasteiger partial charge is 0.131 e. The summed E-state index contributed by atoms with van der Waals surface area (Å²) >= 11 is 0. The van der Waals surface area contributed by atoms with Gasteiger partial charge in [-0.05, 0) is 61.8 Å². The van der Waals surface area contributed by atoms with E-state index in [0.717, 1.165) is 85.5 Å². The van der Waals surface area contributed by atoms with E-state index in [2.05, 4.69) is 65.2 Å². The largest absolute Gasteiger partial charge is 0.368 e. The van der Waals surface area contributed by atoms with Gasteiger partial charge in [-0.1, -0.05) is 25.3 Å². The minimum Gasteiger partial charge on any atom is -0.368 e. The number of allylic oxidation sites excluding steroid dienone is 1. The van der Waals surface area contributed by atoms with Crippen molar-refractivity contribution < 1.29 is 0 Å². The van der Waals surface area contributed by atoms with Gasteiger partial charge in [0.2, 0.25) is 0 Å². The molecule has 0 amide bonds. The fourth-order valence-electron chi connectivity index (χ4n) is 5.07. The first kappa shape index (κ1) is 20.8. The quantitative estimate of drug-likeness (QED) is 0.646. The Bertz CT molecular complexity index is 1060. The highest BCUT2D eigenvalue weighted by molar-refractivity contribution is 5.88. The first-order valence-corrected chi connectivity index (χ1v) is 11.8. The van der Waals surface area contributed by atoms with Gasteiger partial charge in [0.05, 0.1) is 0 Å². The average Bonchev–Trinajstić information content (AvgIpc) is 3.59. The van der Waals surface area contributed by atoms with Crippen LogP contribution in [0.15, 0.2) is 49.3 Å². The molecule has 1 aromatic heterocycles. The zero-order valence-electron chi connectivity index (χ0n) is 19.1. The minimum atomic E-state index is 0.744. The van der Waals surface area contributed by atoms with E-state index >= 15 is 0 Å². The Morgan fingerprint density at radius 3 is 2.53 bits per heavy atom. The molecule has 5 nitrogen and oxygen atoms in total. The lowest BCUT2D eigenvalue weighted by molar-refractivity contribution is 0.366. The predicted molar refractivity (Wildman–Crippen MR) is 134 cm³/mol. The molecule has 166 valence electrons. The number of nitrogens with zero attached hydrogens (tertiary/aromatic N) is 4. The van der Waals surface area contributed by atoms with Gasteiger partial charge in [-0.3, -0.25) is 0 Å². The maximum Gasteiger partial charge on any atom is 0.131 e. The highest BCUT2D eigenvalue weighted by atomic mass is 15.3. The molecule has 3 aliphatic rings. The van der Waals surface area contributed by atoms with Crippen LogP contribution in [-0.4, -0.2) is 48.8 Å². The predicted octanol–water partition coefficient (Wildman–Crippen LogP) is 5.17. The van der Waals surface area contributed by atoms with Gasteiger partial charge in [-0.2, -0.15) is 0 Å². The monoisotopic (exact) mass is 427 g/mol. The van der Waals surface area contributed by atoms with Crippen molar-refractivity contribution in [3.8, 4) is 0 Å². The maximum atomic E-state index is 7.99. The van der Waals surface area contributed by atoms with Crippen LogP contribution in [0.1, 0.15) is 53.9 Å². The topological polar surface area (TPSA) is 46.5 Å². The molecule has 1 saturated carbocycles. The molecule has 0 unspecified atom stereocenters. The number of anilines is 2. The number of benzene rings is 1. The molecular weight excluding hydrogens is 394 g/mol. The maximum absolute atomic E-state index is 7.99. The Morgan fingerprint density at radius 1 is 1.12 bits per heavy atom. The van der Waals surface area contributed by atoms with Crippen LogP contribution in [0.25, 0.3) is 5.70 Å². The molecule has 1 aromatic carbocycles. The summed E-state index contributed by atoms with van der Waals surface area (Å²) in [7, 11) is 0. The normalized spacial score (nSPS) is 18.9. The van der Waals surface area contributed by atoms with Crippen LogP contribution < -0.4 is 9.80 Å². The van der Waals surface area contributed by atoms with Gasteiger partial charge in [-0.25, -0.2) is 4.98 Å². The number of pyridine rings is 1. The molecule has 0 atom stereocenters. The van der Waals surface area contributed by atoms with Gasteiger partial charge in [0, 0.05) is 73.3 Å². The third-order valence-corrected chi connectivity index (χ3v) is 7.12. The Labute approximate surface area is 191 Å². The second-order valence-corrected chi connectivity index (χ2v) is 9.34. The second kappa shape index (κ2) is 8.45. The van der Waals surface area contributed by atoms with Crippen molar-refractivity contribution in [2.45, 2.75) is 38.5 Å². The van der Waals surface area contributed by atoms with E-state index < -0.39 is 0 Å². The minimum absolute atomic E-state index is 0.744. The van der Waals surface area contributed by atoms with Gasteiger partial charge in [-0.15, -0.1) is 0 Å². The molecule has 3 fully saturated rings. The molecule has 3 heterocycles. The standard InChI is InChI=1S/C27H33N5/c1-19-15-24(22-6-7-22)18-29-27(19)31-13-11-30(12-14-31)21(3)26-9-8-25(16-23(26)17-28)32-10-4-5-20(32)2/h8-9,15-18,22,28H,2-7,10-14H2,1H3. The van der Waals surface area contributed by atoms with Crippen molar-refractivity contribution in [1.29, 1.82) is 5.41 Å². The summed E-state index contributed by atoms with van der Waals surface area (Å²) in [6.07, 6.45) is 8.36. The molecule has 2 aromatic rings. The summed E-state index contributed by atoms with van der Waals surface area (Å²) in [5.74, 6) is 1.86. The molecule has 2 aliphatic heterocycles. The number of aromatic nitrogens is 1. The van der Waals surface area contributed by atoms with Gasteiger partial charge >= 0.3 is 0 Å². The van der Waals surface area contributed by atoms with Crippen LogP contribution in [0, 0.1) is 12.3 Å². The zero-order valence-corrected chi connectivity index (χ0v) is 19.1. The summed E-state index contributed by atoms with van der Waals surface area (Å²) in [4.78, 5) is 11.8. The van der Waals surface area contributed by atoms with Crippen LogP contribution in [-0.2, 0) is 0 Å². The highest BCUT2D eigenvalue weighted by Crippen LogP contribution is 2.40. The molecule has 1 N–H and O–H groups in total. The number of hydrogen-bond donors (Lipinski definition) is 1. The van der Waals surface area contributed by atoms with Crippen molar-refractivity contribution in [2.75, 3.05) is 42.5 Å². The van der Waals surface area contributed by atoms with E-state index in [4.69, 9.17) is 10.4 Å². The molecule has 2 saturated heterocycles. The van der Waals surface area contributed by atoms with E-state index in [9.17, 15) is 0 Å². The Morgan fingerprint density at radius 2 is 1.91 bits per heavy atom.